The molecule has 1 N–H and O–H groups in total. The molecule has 0 spiro atoms. The summed E-state index contributed by atoms with van der Waals surface area (Å²) in [5.74, 6) is 0.808. The Hall–Kier alpha value is -0.0800. The van der Waals surface area contributed by atoms with E-state index in [0.717, 1.165) is 19.1 Å². The Bertz CT molecular complexity index is 173. The summed E-state index contributed by atoms with van der Waals surface area (Å²) >= 11 is 0. The molecule has 13 heavy (non-hydrogen) atoms. The van der Waals surface area contributed by atoms with Gasteiger partial charge in [-0.05, 0) is 32.6 Å². The van der Waals surface area contributed by atoms with Gasteiger partial charge in [0.25, 0.3) is 0 Å². The average Bonchev–Trinajstić information content (AvgIpc) is 2.55. The van der Waals surface area contributed by atoms with Gasteiger partial charge in [-0.2, -0.15) is 0 Å². The highest BCUT2D eigenvalue weighted by molar-refractivity contribution is 4.95. The summed E-state index contributed by atoms with van der Waals surface area (Å²) in [5, 5.41) is 3.56. The van der Waals surface area contributed by atoms with Crippen LogP contribution in [0.5, 0.6) is 0 Å². The highest BCUT2D eigenvalue weighted by Gasteiger charge is 2.39. The van der Waals surface area contributed by atoms with Gasteiger partial charge in [-0.3, -0.25) is 0 Å². The highest BCUT2D eigenvalue weighted by atomic mass is 16.5. The molecule has 0 amide bonds. The van der Waals surface area contributed by atoms with Crippen LogP contribution >= 0.6 is 0 Å². The smallest absolute Gasteiger partial charge is 0.0779 e. The number of nitrogens with one attached hydrogen (secondary N) is 1. The van der Waals surface area contributed by atoms with Crippen LogP contribution in [0.25, 0.3) is 0 Å². The average molecular weight is 183 g/mol. The molecule has 0 aromatic rings. The topological polar surface area (TPSA) is 21.3 Å². The van der Waals surface area contributed by atoms with Crippen LogP contribution in [0.3, 0.4) is 0 Å². The lowest BCUT2D eigenvalue weighted by atomic mass is 9.85. The molecule has 2 fully saturated rings. The summed E-state index contributed by atoms with van der Waals surface area (Å²) in [6.07, 6.45) is 6.00. The lowest BCUT2D eigenvalue weighted by molar-refractivity contribution is -0.0683. The van der Waals surface area contributed by atoms with E-state index in [1.807, 2.05) is 0 Å². The maximum Gasteiger partial charge on any atom is 0.0779 e. The van der Waals surface area contributed by atoms with Crippen LogP contribution in [0.15, 0.2) is 0 Å². The molecular weight excluding hydrogens is 162 g/mol. The third kappa shape index (κ3) is 1.89. The lowest BCUT2D eigenvalue weighted by Gasteiger charge is -2.42. The second-order valence-electron chi connectivity index (χ2n) is 4.98. The SMILES string of the molecule is CC1(C)NCCO[C@@H]1C1CCCC1. The maximum absolute atomic E-state index is 5.91. The summed E-state index contributed by atoms with van der Waals surface area (Å²) < 4.78 is 5.91. The molecule has 1 saturated carbocycles. The number of rotatable bonds is 1. The van der Waals surface area contributed by atoms with Crippen molar-refractivity contribution in [1.82, 2.24) is 5.32 Å². The van der Waals surface area contributed by atoms with Crippen LogP contribution in [-0.4, -0.2) is 24.8 Å². The van der Waals surface area contributed by atoms with Gasteiger partial charge in [-0.1, -0.05) is 12.8 Å². The Morgan fingerprint density at radius 3 is 2.54 bits per heavy atom. The van der Waals surface area contributed by atoms with E-state index in [9.17, 15) is 0 Å². The van der Waals surface area contributed by atoms with Gasteiger partial charge in [0.15, 0.2) is 0 Å². The first-order chi connectivity index (χ1) is 6.20. The van der Waals surface area contributed by atoms with Crippen molar-refractivity contribution in [3.05, 3.63) is 0 Å². The first-order valence-corrected chi connectivity index (χ1v) is 5.57. The van der Waals surface area contributed by atoms with Crippen molar-refractivity contribution in [3.8, 4) is 0 Å². The quantitative estimate of drug-likeness (QED) is 0.671. The van der Waals surface area contributed by atoms with Crippen molar-refractivity contribution in [1.29, 1.82) is 0 Å². The number of morpholine rings is 1. The van der Waals surface area contributed by atoms with E-state index in [-0.39, 0.29) is 5.54 Å². The summed E-state index contributed by atoms with van der Waals surface area (Å²) in [4.78, 5) is 0. The van der Waals surface area contributed by atoms with E-state index in [1.165, 1.54) is 25.7 Å². The molecule has 0 aromatic carbocycles. The van der Waals surface area contributed by atoms with Crippen LogP contribution in [0, 0.1) is 5.92 Å². The van der Waals surface area contributed by atoms with Crippen LogP contribution in [-0.2, 0) is 4.74 Å². The molecule has 1 aliphatic carbocycles. The second kappa shape index (κ2) is 3.58. The van der Waals surface area contributed by atoms with Crippen LogP contribution in [0.4, 0.5) is 0 Å². The van der Waals surface area contributed by atoms with Crippen molar-refractivity contribution in [3.63, 3.8) is 0 Å². The standard InChI is InChI=1S/C11H21NO/c1-11(2)10(13-8-7-12-11)9-5-3-4-6-9/h9-10,12H,3-8H2,1-2H3/t10-/m1/s1. The van der Waals surface area contributed by atoms with Gasteiger partial charge in [0, 0.05) is 12.1 Å². The third-order valence-electron chi connectivity index (χ3n) is 3.52. The minimum Gasteiger partial charge on any atom is -0.375 e. The predicted octanol–water partition coefficient (Wildman–Crippen LogP) is 1.94. The molecule has 1 aliphatic heterocycles. The fourth-order valence-corrected chi connectivity index (χ4v) is 2.85. The number of hydrogen-bond acceptors (Lipinski definition) is 2. The third-order valence-corrected chi connectivity index (χ3v) is 3.52. The first-order valence-electron chi connectivity index (χ1n) is 5.57. The van der Waals surface area contributed by atoms with Crippen LogP contribution in [0.1, 0.15) is 39.5 Å². The zero-order valence-electron chi connectivity index (χ0n) is 8.81. The minimum atomic E-state index is 0.188. The van der Waals surface area contributed by atoms with Crippen molar-refractivity contribution in [2.75, 3.05) is 13.2 Å². The van der Waals surface area contributed by atoms with E-state index in [2.05, 4.69) is 19.2 Å². The largest absolute Gasteiger partial charge is 0.375 e. The number of ether oxygens (including phenoxy) is 1. The molecule has 2 heteroatoms. The maximum atomic E-state index is 5.91. The monoisotopic (exact) mass is 183 g/mol. The van der Waals surface area contributed by atoms with Gasteiger partial charge in [0.05, 0.1) is 12.7 Å². The Kier molecular flexibility index (Phi) is 2.61. The van der Waals surface area contributed by atoms with Gasteiger partial charge >= 0.3 is 0 Å². The minimum absolute atomic E-state index is 0.188. The molecular formula is C11H21NO. The first kappa shape index (κ1) is 9.47. The fourth-order valence-electron chi connectivity index (χ4n) is 2.85. The number of hydrogen-bond donors (Lipinski definition) is 1. The van der Waals surface area contributed by atoms with Gasteiger partial charge in [0.2, 0.25) is 0 Å². The molecule has 0 bridgehead atoms. The van der Waals surface area contributed by atoms with E-state index < -0.39 is 0 Å². The lowest BCUT2D eigenvalue weighted by Crippen LogP contribution is -2.58. The molecule has 76 valence electrons. The van der Waals surface area contributed by atoms with Crippen molar-refractivity contribution in [2.24, 2.45) is 5.92 Å². The summed E-state index contributed by atoms with van der Waals surface area (Å²) in [6, 6.07) is 0. The zero-order valence-corrected chi connectivity index (χ0v) is 8.81. The van der Waals surface area contributed by atoms with Gasteiger partial charge < -0.3 is 10.1 Å². The fraction of sp³-hybridized carbons (Fsp3) is 1.00. The van der Waals surface area contributed by atoms with Gasteiger partial charge in [-0.15, -0.1) is 0 Å². The highest BCUT2D eigenvalue weighted by Crippen LogP contribution is 2.35. The van der Waals surface area contributed by atoms with E-state index in [4.69, 9.17) is 4.74 Å². The molecule has 1 atom stereocenters. The predicted molar refractivity (Wildman–Crippen MR) is 53.8 cm³/mol. The molecule has 1 heterocycles. The Balaban J connectivity index is 2.02. The Morgan fingerprint density at radius 1 is 1.23 bits per heavy atom. The van der Waals surface area contributed by atoms with E-state index in [0.29, 0.717) is 6.10 Å². The van der Waals surface area contributed by atoms with Crippen LogP contribution in [0.2, 0.25) is 0 Å². The molecule has 1 saturated heterocycles. The van der Waals surface area contributed by atoms with Gasteiger partial charge in [-0.25, -0.2) is 0 Å². The van der Waals surface area contributed by atoms with Crippen molar-refractivity contribution >= 4 is 0 Å². The normalized spacial score (nSPS) is 35.1. The Labute approximate surface area is 81.0 Å². The van der Waals surface area contributed by atoms with Crippen LogP contribution < -0.4 is 5.32 Å². The van der Waals surface area contributed by atoms with Gasteiger partial charge in [0.1, 0.15) is 0 Å². The molecule has 2 rings (SSSR count). The van der Waals surface area contributed by atoms with E-state index >= 15 is 0 Å². The summed E-state index contributed by atoms with van der Waals surface area (Å²) in [7, 11) is 0. The second-order valence-corrected chi connectivity index (χ2v) is 4.98. The summed E-state index contributed by atoms with van der Waals surface area (Å²) in [5.41, 5.74) is 0.188. The summed E-state index contributed by atoms with van der Waals surface area (Å²) in [6.45, 7) is 6.45. The molecule has 0 radical (unpaired) electrons. The Morgan fingerprint density at radius 2 is 1.92 bits per heavy atom. The molecule has 2 nitrogen and oxygen atoms in total. The van der Waals surface area contributed by atoms with Crippen molar-refractivity contribution in [2.45, 2.75) is 51.2 Å². The van der Waals surface area contributed by atoms with E-state index in [1.54, 1.807) is 0 Å². The molecule has 2 aliphatic rings. The zero-order chi connectivity index (χ0) is 9.31. The van der Waals surface area contributed by atoms with Crippen molar-refractivity contribution < 1.29 is 4.74 Å². The molecule has 0 unspecified atom stereocenters. The molecule has 0 aromatic heterocycles.